The lowest BCUT2D eigenvalue weighted by atomic mass is 10.3. The molecule has 0 amide bonds. The van der Waals surface area contributed by atoms with Gasteiger partial charge in [-0.1, -0.05) is 6.07 Å². The Labute approximate surface area is 90.3 Å². The number of nitrogens with zero attached hydrogens (tertiary/aromatic N) is 1. The predicted molar refractivity (Wildman–Crippen MR) is 58.6 cm³/mol. The first-order valence-corrected chi connectivity index (χ1v) is 5.16. The molecule has 1 heterocycles. The zero-order chi connectivity index (χ0) is 11.1. The zero-order valence-electron chi connectivity index (χ0n) is 9.18. The van der Waals surface area contributed by atoms with Crippen molar-refractivity contribution in [2.75, 3.05) is 6.61 Å². The summed E-state index contributed by atoms with van der Waals surface area (Å²) < 4.78 is 5.35. The molecule has 0 aliphatic heterocycles. The Hall–Kier alpha value is -1.13. The average Bonchev–Trinajstić information content (AvgIpc) is 2.18. The zero-order valence-corrected chi connectivity index (χ0v) is 9.18. The second-order valence-electron chi connectivity index (χ2n) is 3.64. The number of nitrogens with one attached hydrogen (secondary N) is 1. The minimum absolute atomic E-state index is 0.273. The lowest BCUT2D eigenvalue weighted by Crippen LogP contribution is -2.35. The molecule has 1 aromatic heterocycles. The van der Waals surface area contributed by atoms with Gasteiger partial charge >= 0.3 is 0 Å². The number of aliphatic hydroxyl groups is 1. The van der Waals surface area contributed by atoms with Crippen molar-refractivity contribution >= 4 is 0 Å². The highest BCUT2D eigenvalue weighted by atomic mass is 16.5. The number of hydrogen-bond donors (Lipinski definition) is 2. The van der Waals surface area contributed by atoms with E-state index in [0.29, 0.717) is 18.9 Å². The molecule has 15 heavy (non-hydrogen) atoms. The molecule has 1 rings (SSSR count). The van der Waals surface area contributed by atoms with E-state index in [1.807, 2.05) is 26.0 Å². The molecule has 0 fully saturated rings. The van der Waals surface area contributed by atoms with Gasteiger partial charge in [0.15, 0.2) is 0 Å². The van der Waals surface area contributed by atoms with E-state index >= 15 is 0 Å². The Morgan fingerprint density at radius 1 is 1.47 bits per heavy atom. The first-order chi connectivity index (χ1) is 7.18. The fraction of sp³-hybridized carbons (Fsp3) is 0.545. The van der Waals surface area contributed by atoms with E-state index in [1.165, 1.54) is 0 Å². The maximum atomic E-state index is 9.49. The van der Waals surface area contributed by atoms with Crippen molar-refractivity contribution in [1.29, 1.82) is 0 Å². The first-order valence-electron chi connectivity index (χ1n) is 5.16. The largest absolute Gasteiger partial charge is 0.478 e. The third-order valence-corrected chi connectivity index (χ3v) is 1.80. The smallest absolute Gasteiger partial charge is 0.213 e. The summed E-state index contributed by atoms with van der Waals surface area (Å²) in [6.45, 7) is 4.43. The van der Waals surface area contributed by atoms with Crippen LogP contribution in [0.15, 0.2) is 24.4 Å². The van der Waals surface area contributed by atoms with Crippen molar-refractivity contribution in [1.82, 2.24) is 10.3 Å². The molecule has 1 unspecified atom stereocenters. The summed E-state index contributed by atoms with van der Waals surface area (Å²) in [5.74, 6) is 0.592. The Morgan fingerprint density at radius 2 is 2.27 bits per heavy atom. The summed E-state index contributed by atoms with van der Waals surface area (Å²) in [5, 5.41) is 12.5. The van der Waals surface area contributed by atoms with Crippen LogP contribution < -0.4 is 10.1 Å². The van der Waals surface area contributed by atoms with Gasteiger partial charge < -0.3 is 9.84 Å². The van der Waals surface area contributed by atoms with Crippen molar-refractivity contribution in [3.63, 3.8) is 0 Å². The van der Waals surface area contributed by atoms with Crippen LogP contribution in [0, 0.1) is 0 Å². The van der Waals surface area contributed by atoms with E-state index in [0.717, 1.165) is 0 Å². The molecule has 0 bridgehead atoms. The van der Waals surface area contributed by atoms with Crippen LogP contribution in [0.3, 0.4) is 0 Å². The SMILES string of the molecule is CC(C)NC(O)CCOc1ccccn1. The van der Waals surface area contributed by atoms with Gasteiger partial charge in [0.05, 0.1) is 6.61 Å². The second-order valence-corrected chi connectivity index (χ2v) is 3.64. The van der Waals surface area contributed by atoms with Crippen molar-refractivity contribution in [3.8, 4) is 5.88 Å². The third-order valence-electron chi connectivity index (χ3n) is 1.80. The number of hydrogen-bond acceptors (Lipinski definition) is 4. The summed E-state index contributed by atoms with van der Waals surface area (Å²) in [5.41, 5.74) is 0. The molecule has 0 aliphatic rings. The van der Waals surface area contributed by atoms with E-state index in [9.17, 15) is 5.11 Å². The van der Waals surface area contributed by atoms with Gasteiger partial charge in [-0.3, -0.25) is 5.32 Å². The molecule has 0 radical (unpaired) electrons. The van der Waals surface area contributed by atoms with Crippen molar-refractivity contribution in [2.45, 2.75) is 32.5 Å². The fourth-order valence-corrected chi connectivity index (χ4v) is 1.18. The molecule has 0 spiro atoms. The molecular formula is C11H18N2O2. The monoisotopic (exact) mass is 210 g/mol. The van der Waals surface area contributed by atoms with Crippen LogP contribution in [0.5, 0.6) is 5.88 Å². The Morgan fingerprint density at radius 3 is 2.87 bits per heavy atom. The van der Waals surface area contributed by atoms with Crippen LogP contribution in [0.25, 0.3) is 0 Å². The maximum Gasteiger partial charge on any atom is 0.213 e. The van der Waals surface area contributed by atoms with Crippen LogP contribution in [-0.2, 0) is 0 Å². The van der Waals surface area contributed by atoms with Gasteiger partial charge in [0.2, 0.25) is 5.88 Å². The number of rotatable bonds is 6. The highest BCUT2D eigenvalue weighted by molar-refractivity contribution is 5.08. The quantitative estimate of drug-likeness (QED) is 0.692. The Balaban J connectivity index is 2.16. The number of pyridine rings is 1. The van der Waals surface area contributed by atoms with E-state index in [1.54, 1.807) is 12.3 Å². The molecule has 0 aromatic carbocycles. The lowest BCUT2D eigenvalue weighted by Gasteiger charge is -2.15. The number of ether oxygens (including phenoxy) is 1. The van der Waals surface area contributed by atoms with Crippen molar-refractivity contribution in [2.24, 2.45) is 0 Å². The predicted octanol–water partition coefficient (Wildman–Crippen LogP) is 1.17. The van der Waals surface area contributed by atoms with Gasteiger partial charge in [-0.05, 0) is 19.9 Å². The maximum absolute atomic E-state index is 9.49. The number of aromatic nitrogens is 1. The molecule has 1 atom stereocenters. The van der Waals surface area contributed by atoms with Gasteiger partial charge in [0.1, 0.15) is 6.23 Å². The highest BCUT2D eigenvalue weighted by Crippen LogP contribution is 2.03. The van der Waals surface area contributed by atoms with E-state index < -0.39 is 6.23 Å². The van der Waals surface area contributed by atoms with Gasteiger partial charge in [0.25, 0.3) is 0 Å². The second kappa shape index (κ2) is 6.37. The topological polar surface area (TPSA) is 54.4 Å². The Kier molecular flexibility index (Phi) is 5.07. The highest BCUT2D eigenvalue weighted by Gasteiger charge is 2.05. The summed E-state index contributed by atoms with van der Waals surface area (Å²) in [7, 11) is 0. The minimum Gasteiger partial charge on any atom is -0.478 e. The lowest BCUT2D eigenvalue weighted by molar-refractivity contribution is 0.0986. The Bertz CT molecular complexity index is 265. The minimum atomic E-state index is -0.520. The third kappa shape index (κ3) is 5.34. The summed E-state index contributed by atoms with van der Waals surface area (Å²) in [4.78, 5) is 4.01. The van der Waals surface area contributed by atoms with Crippen LogP contribution in [0.2, 0.25) is 0 Å². The van der Waals surface area contributed by atoms with E-state index in [4.69, 9.17) is 4.74 Å². The standard InChI is InChI=1S/C11H18N2O2/c1-9(2)13-10(14)6-8-15-11-5-3-4-7-12-11/h3-5,7,9-10,13-14H,6,8H2,1-2H3. The van der Waals surface area contributed by atoms with Gasteiger partial charge in [-0.2, -0.15) is 0 Å². The molecular weight excluding hydrogens is 192 g/mol. The molecule has 1 aromatic rings. The fourth-order valence-electron chi connectivity index (χ4n) is 1.18. The summed E-state index contributed by atoms with van der Waals surface area (Å²) in [6.07, 6.45) is 1.71. The van der Waals surface area contributed by atoms with Gasteiger partial charge in [0, 0.05) is 24.7 Å². The van der Waals surface area contributed by atoms with Gasteiger partial charge in [-0.15, -0.1) is 0 Å². The molecule has 0 saturated heterocycles. The van der Waals surface area contributed by atoms with Crippen molar-refractivity contribution in [3.05, 3.63) is 24.4 Å². The molecule has 2 N–H and O–H groups in total. The first kappa shape index (κ1) is 11.9. The summed E-state index contributed by atoms with van der Waals surface area (Å²) in [6, 6.07) is 5.77. The van der Waals surface area contributed by atoms with Crippen LogP contribution >= 0.6 is 0 Å². The normalized spacial score (nSPS) is 12.8. The average molecular weight is 210 g/mol. The molecule has 0 saturated carbocycles. The van der Waals surface area contributed by atoms with Crippen LogP contribution in [-0.4, -0.2) is 29.0 Å². The molecule has 84 valence electrons. The van der Waals surface area contributed by atoms with Crippen LogP contribution in [0.1, 0.15) is 20.3 Å². The molecule has 0 aliphatic carbocycles. The van der Waals surface area contributed by atoms with Gasteiger partial charge in [-0.25, -0.2) is 4.98 Å². The summed E-state index contributed by atoms with van der Waals surface area (Å²) >= 11 is 0. The number of aliphatic hydroxyl groups excluding tert-OH is 1. The molecule has 4 heteroatoms. The van der Waals surface area contributed by atoms with E-state index in [2.05, 4.69) is 10.3 Å². The van der Waals surface area contributed by atoms with Crippen LogP contribution in [0.4, 0.5) is 0 Å². The molecule has 4 nitrogen and oxygen atoms in total. The van der Waals surface area contributed by atoms with Crippen molar-refractivity contribution < 1.29 is 9.84 Å². The van der Waals surface area contributed by atoms with E-state index in [-0.39, 0.29) is 6.04 Å².